The zero-order valence-electron chi connectivity index (χ0n) is 12.7. The summed E-state index contributed by atoms with van der Waals surface area (Å²) in [4.78, 5) is 0. The maximum absolute atomic E-state index is 9.61. The third kappa shape index (κ3) is 2.72. The summed E-state index contributed by atoms with van der Waals surface area (Å²) in [7, 11) is 1.64. The van der Waals surface area contributed by atoms with E-state index in [1.807, 2.05) is 30.3 Å². The summed E-state index contributed by atoms with van der Waals surface area (Å²) >= 11 is 0. The van der Waals surface area contributed by atoms with Crippen molar-refractivity contribution in [2.75, 3.05) is 7.11 Å². The fourth-order valence-corrected chi connectivity index (χ4v) is 2.64. The number of hydrogen-bond acceptors (Lipinski definition) is 3. The van der Waals surface area contributed by atoms with Crippen LogP contribution in [0.25, 0.3) is 10.9 Å². The number of rotatable bonds is 5. The van der Waals surface area contributed by atoms with Crippen LogP contribution < -0.4 is 9.47 Å². The number of phenols is 1. The van der Waals surface area contributed by atoms with Crippen molar-refractivity contribution in [2.45, 2.75) is 20.1 Å². The number of phenolic OH excluding ortho intramolecular Hbond substituents is 1. The Kier molecular flexibility index (Phi) is 3.92. The third-order valence-corrected chi connectivity index (χ3v) is 3.73. The first-order valence-electron chi connectivity index (χ1n) is 7.29. The topological polar surface area (TPSA) is 43.6 Å². The molecular weight excluding hydrogens is 278 g/mol. The quantitative estimate of drug-likeness (QED) is 0.775. The maximum atomic E-state index is 9.61. The van der Waals surface area contributed by atoms with Gasteiger partial charge in [-0.1, -0.05) is 0 Å². The van der Waals surface area contributed by atoms with Crippen LogP contribution in [0.4, 0.5) is 0 Å². The minimum absolute atomic E-state index is 0.281. The molecule has 4 heteroatoms. The zero-order valence-corrected chi connectivity index (χ0v) is 12.7. The van der Waals surface area contributed by atoms with Crippen molar-refractivity contribution in [3.05, 3.63) is 54.2 Å². The van der Waals surface area contributed by atoms with Crippen LogP contribution in [0.5, 0.6) is 17.2 Å². The van der Waals surface area contributed by atoms with E-state index in [1.54, 1.807) is 19.2 Å². The second-order valence-corrected chi connectivity index (χ2v) is 5.09. The number of hydrogen-bond donors (Lipinski definition) is 1. The second-order valence-electron chi connectivity index (χ2n) is 5.09. The summed E-state index contributed by atoms with van der Waals surface area (Å²) in [5.41, 5.74) is 2.19. The Bertz CT molecular complexity index is 775. The number of nitrogens with zero attached hydrogens (tertiary/aromatic N) is 1. The van der Waals surface area contributed by atoms with Gasteiger partial charge in [-0.05, 0) is 55.5 Å². The Labute approximate surface area is 129 Å². The van der Waals surface area contributed by atoms with Gasteiger partial charge in [0.25, 0.3) is 0 Å². The molecule has 0 saturated carbocycles. The van der Waals surface area contributed by atoms with Gasteiger partial charge in [0.15, 0.2) is 0 Å². The number of ether oxygens (including phenoxy) is 2. The lowest BCUT2D eigenvalue weighted by molar-refractivity contribution is 0.295. The number of aromatic hydroxyl groups is 1. The predicted octanol–water partition coefficient (Wildman–Crippen LogP) is 3.95. The van der Waals surface area contributed by atoms with Crippen LogP contribution in [0.1, 0.15) is 12.6 Å². The normalized spacial score (nSPS) is 10.8. The summed E-state index contributed by atoms with van der Waals surface area (Å²) in [5.74, 6) is 1.89. The number of methoxy groups -OCH3 is 1. The molecule has 22 heavy (non-hydrogen) atoms. The lowest BCUT2D eigenvalue weighted by Crippen LogP contribution is -2.04. The summed E-state index contributed by atoms with van der Waals surface area (Å²) in [6.45, 7) is 3.44. The monoisotopic (exact) mass is 297 g/mol. The average molecular weight is 297 g/mol. The molecule has 4 nitrogen and oxygen atoms in total. The van der Waals surface area contributed by atoms with E-state index in [-0.39, 0.29) is 5.75 Å². The minimum Gasteiger partial charge on any atom is -0.508 e. The zero-order chi connectivity index (χ0) is 15.5. The van der Waals surface area contributed by atoms with Crippen LogP contribution in [0.15, 0.2) is 48.5 Å². The molecule has 0 radical (unpaired) electrons. The fourth-order valence-electron chi connectivity index (χ4n) is 2.64. The molecule has 0 saturated heterocycles. The molecule has 114 valence electrons. The van der Waals surface area contributed by atoms with Crippen LogP contribution >= 0.6 is 0 Å². The van der Waals surface area contributed by atoms with Gasteiger partial charge >= 0.3 is 0 Å². The maximum Gasteiger partial charge on any atom is 0.128 e. The van der Waals surface area contributed by atoms with Gasteiger partial charge in [-0.15, -0.1) is 0 Å². The van der Waals surface area contributed by atoms with Gasteiger partial charge in [0.2, 0.25) is 0 Å². The fraction of sp³-hybridized carbons (Fsp3) is 0.222. The van der Waals surface area contributed by atoms with E-state index in [0.29, 0.717) is 6.61 Å². The highest BCUT2D eigenvalue weighted by Gasteiger charge is 2.09. The van der Waals surface area contributed by atoms with Crippen molar-refractivity contribution < 1.29 is 14.6 Å². The molecular formula is C18H19NO3. The summed E-state index contributed by atoms with van der Waals surface area (Å²) < 4.78 is 13.2. The van der Waals surface area contributed by atoms with Crippen molar-refractivity contribution in [1.29, 1.82) is 0 Å². The number of aromatic nitrogens is 1. The Balaban J connectivity index is 1.83. The molecule has 0 aliphatic carbocycles. The van der Waals surface area contributed by atoms with E-state index >= 15 is 0 Å². The van der Waals surface area contributed by atoms with Crippen LogP contribution in [0.2, 0.25) is 0 Å². The summed E-state index contributed by atoms with van der Waals surface area (Å²) in [6, 6.07) is 15.0. The van der Waals surface area contributed by atoms with Gasteiger partial charge in [-0.25, -0.2) is 0 Å². The lowest BCUT2D eigenvalue weighted by atomic mass is 10.2. The van der Waals surface area contributed by atoms with Gasteiger partial charge in [0.05, 0.1) is 12.8 Å². The summed E-state index contributed by atoms with van der Waals surface area (Å²) in [6.07, 6.45) is 0. The van der Waals surface area contributed by atoms with Crippen molar-refractivity contribution in [2.24, 2.45) is 0 Å². The highest BCUT2D eigenvalue weighted by atomic mass is 16.5. The van der Waals surface area contributed by atoms with E-state index in [9.17, 15) is 5.11 Å². The Morgan fingerprint density at radius 3 is 2.41 bits per heavy atom. The highest BCUT2D eigenvalue weighted by Crippen LogP contribution is 2.25. The van der Waals surface area contributed by atoms with E-state index in [4.69, 9.17) is 9.47 Å². The van der Waals surface area contributed by atoms with Crippen molar-refractivity contribution in [3.63, 3.8) is 0 Å². The molecule has 2 aromatic carbocycles. The van der Waals surface area contributed by atoms with Crippen LogP contribution in [-0.4, -0.2) is 16.8 Å². The number of benzene rings is 2. The molecule has 3 aromatic rings. The molecule has 0 aliphatic heterocycles. The molecule has 1 aromatic heterocycles. The van der Waals surface area contributed by atoms with E-state index < -0.39 is 0 Å². The van der Waals surface area contributed by atoms with E-state index in [2.05, 4.69) is 17.6 Å². The smallest absolute Gasteiger partial charge is 0.128 e. The summed E-state index contributed by atoms with van der Waals surface area (Å²) in [5, 5.41) is 10.6. The molecule has 1 heterocycles. The first kappa shape index (κ1) is 14.3. The Morgan fingerprint density at radius 2 is 1.73 bits per heavy atom. The molecule has 1 N–H and O–H groups in total. The van der Waals surface area contributed by atoms with Crippen molar-refractivity contribution in [3.8, 4) is 17.2 Å². The largest absolute Gasteiger partial charge is 0.508 e. The van der Waals surface area contributed by atoms with Crippen LogP contribution in [0.3, 0.4) is 0 Å². The lowest BCUT2D eigenvalue weighted by Gasteiger charge is -2.10. The van der Waals surface area contributed by atoms with Gasteiger partial charge in [0.1, 0.15) is 23.9 Å². The first-order chi connectivity index (χ1) is 10.7. The van der Waals surface area contributed by atoms with Crippen LogP contribution in [-0.2, 0) is 13.2 Å². The second kappa shape index (κ2) is 6.02. The number of aryl methyl sites for hydroxylation is 1. The van der Waals surface area contributed by atoms with Crippen molar-refractivity contribution in [1.82, 2.24) is 4.57 Å². The number of fused-ring (bicyclic) bond motifs is 1. The molecule has 0 spiro atoms. The first-order valence-corrected chi connectivity index (χ1v) is 7.29. The van der Waals surface area contributed by atoms with Gasteiger partial charge in [-0.2, -0.15) is 0 Å². The van der Waals surface area contributed by atoms with Gasteiger partial charge in [-0.3, -0.25) is 0 Å². The molecule has 0 atom stereocenters. The van der Waals surface area contributed by atoms with E-state index in [1.165, 1.54) is 0 Å². The Hall–Kier alpha value is -2.62. The van der Waals surface area contributed by atoms with Gasteiger partial charge in [0, 0.05) is 17.4 Å². The SMILES string of the molecule is CCn1c(COc2ccc(OC)cc2)cc2cc(O)ccc21. The molecule has 0 unspecified atom stereocenters. The minimum atomic E-state index is 0.281. The standard InChI is InChI=1S/C18H19NO3/c1-3-19-14(10-13-11-15(20)4-9-18(13)19)12-22-17-7-5-16(21-2)6-8-17/h4-11,20H,3,12H2,1-2H3. The molecule has 0 bridgehead atoms. The third-order valence-electron chi connectivity index (χ3n) is 3.73. The molecule has 3 rings (SSSR count). The average Bonchev–Trinajstić information content (AvgIpc) is 2.89. The van der Waals surface area contributed by atoms with Crippen LogP contribution in [0, 0.1) is 0 Å². The predicted molar refractivity (Wildman–Crippen MR) is 86.6 cm³/mol. The van der Waals surface area contributed by atoms with E-state index in [0.717, 1.165) is 34.6 Å². The molecule has 0 amide bonds. The Morgan fingerprint density at radius 1 is 1.00 bits per heavy atom. The molecule has 0 aliphatic rings. The molecule has 0 fully saturated rings. The van der Waals surface area contributed by atoms with Crippen molar-refractivity contribution >= 4 is 10.9 Å². The van der Waals surface area contributed by atoms with Gasteiger partial charge < -0.3 is 19.1 Å². The highest BCUT2D eigenvalue weighted by molar-refractivity contribution is 5.82.